The van der Waals surface area contributed by atoms with E-state index in [2.05, 4.69) is 5.32 Å². The second-order valence-electron chi connectivity index (χ2n) is 4.34. The van der Waals surface area contributed by atoms with E-state index >= 15 is 0 Å². The highest BCUT2D eigenvalue weighted by Crippen LogP contribution is 2.30. The number of aromatic nitrogens is 1. The number of rotatable bonds is 5. The molecule has 2 rings (SSSR count). The van der Waals surface area contributed by atoms with Crippen molar-refractivity contribution in [1.82, 2.24) is 9.88 Å². The normalized spacial score (nSPS) is 10.2. The van der Waals surface area contributed by atoms with Gasteiger partial charge in [-0.25, -0.2) is 0 Å². The Morgan fingerprint density at radius 1 is 1.20 bits per heavy atom. The molecule has 0 atom stereocenters. The standard InChI is InChI=1S/C15H18N2O3/c1-17-9-5-7-12(17)15(18)16-10-11-6-4-8-13(19-2)14(11)20-3/h4-9H,10H2,1-3H3,(H,16,18). The Balaban J connectivity index is 2.12. The van der Waals surface area contributed by atoms with Crippen LogP contribution in [0.1, 0.15) is 16.1 Å². The number of aryl methyl sites for hydroxylation is 1. The van der Waals surface area contributed by atoms with Gasteiger partial charge < -0.3 is 19.4 Å². The Kier molecular flexibility index (Phi) is 4.30. The molecule has 0 bridgehead atoms. The minimum atomic E-state index is -0.123. The molecule has 0 aliphatic carbocycles. The van der Waals surface area contributed by atoms with Crippen LogP contribution in [0.25, 0.3) is 0 Å². The number of para-hydroxylation sites is 1. The van der Waals surface area contributed by atoms with Crippen molar-refractivity contribution in [3.05, 3.63) is 47.8 Å². The highest BCUT2D eigenvalue weighted by atomic mass is 16.5. The van der Waals surface area contributed by atoms with Gasteiger partial charge in [0.15, 0.2) is 11.5 Å². The van der Waals surface area contributed by atoms with E-state index in [-0.39, 0.29) is 5.91 Å². The van der Waals surface area contributed by atoms with Gasteiger partial charge in [0.2, 0.25) is 0 Å². The van der Waals surface area contributed by atoms with Crippen molar-refractivity contribution < 1.29 is 14.3 Å². The van der Waals surface area contributed by atoms with Crippen LogP contribution in [0, 0.1) is 0 Å². The molecule has 1 aromatic heterocycles. The van der Waals surface area contributed by atoms with Crippen molar-refractivity contribution in [2.75, 3.05) is 14.2 Å². The van der Waals surface area contributed by atoms with Crippen molar-refractivity contribution >= 4 is 5.91 Å². The van der Waals surface area contributed by atoms with Crippen LogP contribution in [-0.2, 0) is 13.6 Å². The lowest BCUT2D eigenvalue weighted by atomic mass is 10.2. The summed E-state index contributed by atoms with van der Waals surface area (Å²) in [5, 5.41) is 2.87. The van der Waals surface area contributed by atoms with Crippen LogP contribution in [0.4, 0.5) is 0 Å². The summed E-state index contributed by atoms with van der Waals surface area (Å²) >= 11 is 0. The quantitative estimate of drug-likeness (QED) is 0.907. The minimum Gasteiger partial charge on any atom is -0.493 e. The molecular formula is C15H18N2O3. The number of amides is 1. The molecule has 106 valence electrons. The van der Waals surface area contributed by atoms with Gasteiger partial charge >= 0.3 is 0 Å². The van der Waals surface area contributed by atoms with E-state index in [4.69, 9.17) is 9.47 Å². The first-order valence-corrected chi connectivity index (χ1v) is 6.26. The van der Waals surface area contributed by atoms with Crippen LogP contribution in [0.15, 0.2) is 36.5 Å². The molecule has 0 saturated carbocycles. The summed E-state index contributed by atoms with van der Waals surface area (Å²) in [6.45, 7) is 0.379. The molecule has 2 aromatic rings. The number of nitrogens with zero attached hydrogens (tertiary/aromatic N) is 1. The van der Waals surface area contributed by atoms with E-state index in [1.165, 1.54) is 0 Å². The first-order chi connectivity index (χ1) is 9.67. The van der Waals surface area contributed by atoms with Gasteiger partial charge in [0.1, 0.15) is 5.69 Å². The number of benzene rings is 1. The Bertz CT molecular complexity index is 605. The van der Waals surface area contributed by atoms with Crippen LogP contribution in [0.3, 0.4) is 0 Å². The third kappa shape index (κ3) is 2.77. The van der Waals surface area contributed by atoms with E-state index in [1.54, 1.807) is 24.9 Å². The van der Waals surface area contributed by atoms with Crippen LogP contribution < -0.4 is 14.8 Å². The first-order valence-electron chi connectivity index (χ1n) is 6.26. The molecule has 1 aromatic carbocycles. The van der Waals surface area contributed by atoms with Crippen molar-refractivity contribution in [1.29, 1.82) is 0 Å². The average molecular weight is 274 g/mol. The molecule has 0 aliphatic rings. The molecule has 0 radical (unpaired) electrons. The SMILES string of the molecule is COc1cccc(CNC(=O)c2cccn2C)c1OC. The summed E-state index contributed by atoms with van der Waals surface area (Å²) in [4.78, 5) is 12.1. The minimum absolute atomic E-state index is 0.123. The largest absolute Gasteiger partial charge is 0.493 e. The molecular weight excluding hydrogens is 256 g/mol. The Hall–Kier alpha value is -2.43. The maximum atomic E-state index is 12.1. The number of nitrogens with one attached hydrogen (secondary N) is 1. The molecule has 1 heterocycles. The van der Waals surface area contributed by atoms with Gasteiger partial charge in [-0.05, 0) is 18.2 Å². The molecule has 20 heavy (non-hydrogen) atoms. The van der Waals surface area contributed by atoms with Crippen LogP contribution in [0.5, 0.6) is 11.5 Å². The van der Waals surface area contributed by atoms with Gasteiger partial charge in [0.25, 0.3) is 5.91 Å². The second kappa shape index (κ2) is 6.14. The molecule has 0 aliphatic heterocycles. The zero-order chi connectivity index (χ0) is 14.5. The summed E-state index contributed by atoms with van der Waals surface area (Å²) in [5.74, 6) is 1.17. The zero-order valence-electron chi connectivity index (χ0n) is 11.8. The topological polar surface area (TPSA) is 52.5 Å². The van der Waals surface area contributed by atoms with Crippen LogP contribution in [-0.4, -0.2) is 24.7 Å². The lowest BCUT2D eigenvalue weighted by Crippen LogP contribution is -2.25. The van der Waals surface area contributed by atoms with E-state index in [9.17, 15) is 4.79 Å². The maximum absolute atomic E-state index is 12.1. The Labute approximate surface area is 118 Å². The number of carbonyl (C=O) groups excluding carboxylic acids is 1. The summed E-state index contributed by atoms with van der Waals surface area (Å²) in [7, 11) is 5.01. The molecule has 0 fully saturated rings. The molecule has 5 heteroatoms. The first kappa shape index (κ1) is 14.0. The smallest absolute Gasteiger partial charge is 0.268 e. The molecule has 0 unspecified atom stereocenters. The third-order valence-corrected chi connectivity index (χ3v) is 3.10. The van der Waals surface area contributed by atoms with Gasteiger partial charge in [0, 0.05) is 25.4 Å². The molecule has 1 N–H and O–H groups in total. The fourth-order valence-electron chi connectivity index (χ4n) is 2.06. The van der Waals surface area contributed by atoms with Crippen molar-refractivity contribution in [2.45, 2.75) is 6.54 Å². The van der Waals surface area contributed by atoms with Gasteiger partial charge in [-0.2, -0.15) is 0 Å². The Morgan fingerprint density at radius 3 is 2.60 bits per heavy atom. The molecule has 1 amide bonds. The van der Waals surface area contributed by atoms with Gasteiger partial charge in [-0.3, -0.25) is 4.79 Å². The van der Waals surface area contributed by atoms with E-state index in [0.29, 0.717) is 23.7 Å². The summed E-state index contributed by atoms with van der Waals surface area (Å²) in [5.41, 5.74) is 1.49. The summed E-state index contributed by atoms with van der Waals surface area (Å²) < 4.78 is 12.3. The molecule has 5 nitrogen and oxygen atoms in total. The number of hydrogen-bond acceptors (Lipinski definition) is 3. The number of hydrogen-bond donors (Lipinski definition) is 1. The lowest BCUT2D eigenvalue weighted by Gasteiger charge is -2.13. The number of carbonyl (C=O) groups is 1. The van der Waals surface area contributed by atoms with E-state index in [0.717, 1.165) is 5.56 Å². The number of ether oxygens (including phenoxy) is 2. The third-order valence-electron chi connectivity index (χ3n) is 3.10. The fraction of sp³-hybridized carbons (Fsp3) is 0.267. The summed E-state index contributed by atoms with van der Waals surface area (Å²) in [6.07, 6.45) is 1.83. The lowest BCUT2D eigenvalue weighted by molar-refractivity contribution is 0.0942. The van der Waals surface area contributed by atoms with Crippen LogP contribution >= 0.6 is 0 Å². The summed E-state index contributed by atoms with van der Waals surface area (Å²) in [6, 6.07) is 9.19. The van der Waals surface area contributed by atoms with E-state index < -0.39 is 0 Å². The van der Waals surface area contributed by atoms with Crippen molar-refractivity contribution in [2.24, 2.45) is 7.05 Å². The molecule has 0 spiro atoms. The Morgan fingerprint density at radius 2 is 2.00 bits per heavy atom. The average Bonchev–Trinajstić information content (AvgIpc) is 2.90. The van der Waals surface area contributed by atoms with Crippen LogP contribution in [0.2, 0.25) is 0 Å². The monoisotopic (exact) mass is 274 g/mol. The highest BCUT2D eigenvalue weighted by molar-refractivity contribution is 5.92. The second-order valence-corrected chi connectivity index (χ2v) is 4.34. The van der Waals surface area contributed by atoms with Crippen molar-refractivity contribution in [3.63, 3.8) is 0 Å². The predicted molar refractivity (Wildman–Crippen MR) is 76.1 cm³/mol. The highest BCUT2D eigenvalue weighted by Gasteiger charge is 2.12. The maximum Gasteiger partial charge on any atom is 0.268 e. The van der Waals surface area contributed by atoms with Gasteiger partial charge in [-0.15, -0.1) is 0 Å². The number of methoxy groups -OCH3 is 2. The van der Waals surface area contributed by atoms with E-state index in [1.807, 2.05) is 37.5 Å². The van der Waals surface area contributed by atoms with Gasteiger partial charge in [-0.1, -0.05) is 12.1 Å². The predicted octanol–water partition coefficient (Wildman–Crippen LogP) is 1.97. The fourth-order valence-corrected chi connectivity index (χ4v) is 2.06. The zero-order valence-corrected chi connectivity index (χ0v) is 11.8. The van der Waals surface area contributed by atoms with Crippen molar-refractivity contribution in [3.8, 4) is 11.5 Å². The molecule has 0 saturated heterocycles. The van der Waals surface area contributed by atoms with Gasteiger partial charge in [0.05, 0.1) is 14.2 Å².